The number of rotatable bonds is 7. The second-order valence-electron chi connectivity index (χ2n) is 4.85. The average Bonchev–Trinajstić information content (AvgIpc) is 2.95. The van der Waals surface area contributed by atoms with Crippen LogP contribution in [0.5, 0.6) is 0 Å². The topological polar surface area (TPSA) is 72.9 Å². The predicted molar refractivity (Wildman–Crippen MR) is 84.3 cm³/mol. The van der Waals surface area contributed by atoms with Crippen LogP contribution in [0.2, 0.25) is 5.02 Å². The van der Waals surface area contributed by atoms with Gasteiger partial charge in [-0.3, -0.25) is 4.79 Å². The summed E-state index contributed by atoms with van der Waals surface area (Å²) in [6.45, 7) is 1.60. The molecule has 0 atom stereocenters. The van der Waals surface area contributed by atoms with E-state index in [4.69, 9.17) is 17.3 Å². The first kappa shape index (κ1) is 15.4. The van der Waals surface area contributed by atoms with Crippen LogP contribution in [0.3, 0.4) is 0 Å². The van der Waals surface area contributed by atoms with Crippen LogP contribution in [0.15, 0.2) is 36.9 Å². The lowest BCUT2D eigenvalue weighted by Crippen LogP contribution is -2.25. The van der Waals surface area contributed by atoms with Crippen molar-refractivity contribution in [1.82, 2.24) is 14.9 Å². The van der Waals surface area contributed by atoms with Crippen molar-refractivity contribution in [2.24, 2.45) is 0 Å². The van der Waals surface area contributed by atoms with Gasteiger partial charge < -0.3 is 15.6 Å². The Hall–Kier alpha value is -2.01. The van der Waals surface area contributed by atoms with E-state index in [9.17, 15) is 4.79 Å². The molecule has 0 saturated heterocycles. The highest BCUT2D eigenvalue weighted by Gasteiger charge is 2.08. The van der Waals surface area contributed by atoms with Crippen LogP contribution in [0, 0.1) is 0 Å². The first-order valence-electron chi connectivity index (χ1n) is 6.96. The molecule has 0 aliphatic heterocycles. The highest BCUT2D eigenvalue weighted by molar-refractivity contribution is 6.31. The number of imidazole rings is 1. The van der Waals surface area contributed by atoms with Gasteiger partial charge in [0.2, 0.25) is 0 Å². The fourth-order valence-corrected chi connectivity index (χ4v) is 2.23. The van der Waals surface area contributed by atoms with Crippen molar-refractivity contribution in [1.29, 1.82) is 0 Å². The summed E-state index contributed by atoms with van der Waals surface area (Å²) in [6, 6.07) is 4.89. The number of nitrogens with zero attached hydrogens (tertiary/aromatic N) is 2. The van der Waals surface area contributed by atoms with Gasteiger partial charge in [-0.25, -0.2) is 4.98 Å². The Morgan fingerprint density at radius 1 is 1.33 bits per heavy atom. The smallest absolute Gasteiger partial charge is 0.253 e. The van der Waals surface area contributed by atoms with Crippen molar-refractivity contribution in [3.8, 4) is 0 Å². The van der Waals surface area contributed by atoms with Gasteiger partial charge in [-0.15, -0.1) is 0 Å². The SMILES string of the molecule is Nc1cc(Cl)ccc1C(=O)NCCCCCn1ccnc1. The highest BCUT2D eigenvalue weighted by atomic mass is 35.5. The number of hydrogen-bond acceptors (Lipinski definition) is 3. The first-order valence-corrected chi connectivity index (χ1v) is 7.33. The molecular weight excluding hydrogens is 288 g/mol. The molecule has 0 bridgehead atoms. The molecule has 1 heterocycles. The number of carbonyl (C=O) groups is 1. The molecule has 1 aromatic carbocycles. The van der Waals surface area contributed by atoms with Crippen molar-refractivity contribution in [2.45, 2.75) is 25.8 Å². The lowest BCUT2D eigenvalue weighted by atomic mass is 10.1. The maximum atomic E-state index is 11.9. The second kappa shape index (κ2) is 7.69. The van der Waals surface area contributed by atoms with E-state index in [1.54, 1.807) is 24.4 Å². The fourth-order valence-electron chi connectivity index (χ4n) is 2.05. The number of unbranched alkanes of at least 4 members (excludes halogenated alkanes) is 2. The zero-order chi connectivity index (χ0) is 15.1. The number of nitrogens with one attached hydrogen (secondary N) is 1. The van der Waals surface area contributed by atoms with Crippen molar-refractivity contribution >= 4 is 23.2 Å². The molecule has 2 rings (SSSR count). The van der Waals surface area contributed by atoms with Crippen molar-refractivity contribution in [2.75, 3.05) is 12.3 Å². The molecule has 0 aliphatic rings. The molecule has 0 fully saturated rings. The third kappa shape index (κ3) is 4.79. The maximum absolute atomic E-state index is 11.9. The average molecular weight is 307 g/mol. The van der Waals surface area contributed by atoms with Gasteiger partial charge in [-0.05, 0) is 37.5 Å². The summed E-state index contributed by atoms with van der Waals surface area (Å²) in [5, 5.41) is 3.40. The number of amides is 1. The molecule has 1 aromatic heterocycles. The van der Waals surface area contributed by atoms with Crippen LogP contribution in [-0.2, 0) is 6.54 Å². The molecule has 0 radical (unpaired) electrons. The number of anilines is 1. The van der Waals surface area contributed by atoms with E-state index >= 15 is 0 Å². The molecule has 21 heavy (non-hydrogen) atoms. The summed E-state index contributed by atoms with van der Waals surface area (Å²) in [4.78, 5) is 15.9. The Bertz CT molecular complexity index is 583. The van der Waals surface area contributed by atoms with E-state index in [0.717, 1.165) is 25.8 Å². The van der Waals surface area contributed by atoms with E-state index in [2.05, 4.69) is 10.3 Å². The van der Waals surface area contributed by atoms with E-state index in [1.165, 1.54) is 0 Å². The lowest BCUT2D eigenvalue weighted by Gasteiger charge is -2.08. The van der Waals surface area contributed by atoms with Gasteiger partial charge in [0, 0.05) is 36.2 Å². The quantitative estimate of drug-likeness (QED) is 0.610. The molecule has 0 aliphatic carbocycles. The van der Waals surface area contributed by atoms with E-state index in [0.29, 0.717) is 22.8 Å². The zero-order valence-electron chi connectivity index (χ0n) is 11.8. The van der Waals surface area contributed by atoms with E-state index in [-0.39, 0.29) is 5.91 Å². The van der Waals surface area contributed by atoms with Crippen LogP contribution in [-0.4, -0.2) is 22.0 Å². The van der Waals surface area contributed by atoms with Gasteiger partial charge in [-0.2, -0.15) is 0 Å². The number of benzene rings is 1. The van der Waals surface area contributed by atoms with Gasteiger partial charge in [-0.1, -0.05) is 11.6 Å². The van der Waals surface area contributed by atoms with E-state index in [1.807, 2.05) is 17.1 Å². The number of aryl methyl sites for hydroxylation is 1. The molecule has 0 spiro atoms. The standard InChI is InChI=1S/C15H19ClN4O/c16-12-4-5-13(14(17)10-12)15(21)19-6-2-1-3-8-20-9-7-18-11-20/h4-5,7,9-11H,1-3,6,8,17H2,(H,19,21). The number of carbonyl (C=O) groups excluding carboxylic acids is 1. The minimum atomic E-state index is -0.154. The normalized spacial score (nSPS) is 10.5. The molecule has 0 unspecified atom stereocenters. The molecule has 0 saturated carbocycles. The van der Waals surface area contributed by atoms with Crippen LogP contribution in [0.25, 0.3) is 0 Å². The van der Waals surface area contributed by atoms with Crippen molar-refractivity contribution < 1.29 is 4.79 Å². The van der Waals surface area contributed by atoms with Crippen LogP contribution in [0.4, 0.5) is 5.69 Å². The Morgan fingerprint density at radius 2 is 2.19 bits per heavy atom. The summed E-state index contributed by atoms with van der Waals surface area (Å²) < 4.78 is 2.05. The number of hydrogen-bond donors (Lipinski definition) is 2. The summed E-state index contributed by atoms with van der Waals surface area (Å²) >= 11 is 5.81. The molecule has 6 heteroatoms. The third-order valence-corrected chi connectivity index (χ3v) is 3.43. The minimum absolute atomic E-state index is 0.154. The summed E-state index contributed by atoms with van der Waals surface area (Å²) in [7, 11) is 0. The minimum Gasteiger partial charge on any atom is -0.398 e. The van der Waals surface area contributed by atoms with Crippen LogP contribution in [0.1, 0.15) is 29.6 Å². The largest absolute Gasteiger partial charge is 0.398 e. The Kier molecular flexibility index (Phi) is 5.63. The Labute approximate surface area is 129 Å². The third-order valence-electron chi connectivity index (χ3n) is 3.20. The molecule has 1 amide bonds. The molecule has 112 valence electrons. The lowest BCUT2D eigenvalue weighted by molar-refractivity contribution is 0.0954. The van der Waals surface area contributed by atoms with Gasteiger partial charge in [0.1, 0.15) is 0 Å². The van der Waals surface area contributed by atoms with Crippen molar-refractivity contribution in [3.63, 3.8) is 0 Å². The molecule has 3 N–H and O–H groups in total. The first-order chi connectivity index (χ1) is 10.2. The van der Waals surface area contributed by atoms with Gasteiger partial charge >= 0.3 is 0 Å². The Morgan fingerprint density at radius 3 is 2.90 bits per heavy atom. The predicted octanol–water partition coefficient (Wildman–Crippen LogP) is 2.72. The summed E-state index contributed by atoms with van der Waals surface area (Å²) in [6.07, 6.45) is 8.59. The van der Waals surface area contributed by atoms with Crippen molar-refractivity contribution in [3.05, 3.63) is 47.5 Å². The summed E-state index contributed by atoms with van der Waals surface area (Å²) in [5.41, 5.74) is 6.65. The van der Waals surface area contributed by atoms with Gasteiger partial charge in [0.25, 0.3) is 5.91 Å². The maximum Gasteiger partial charge on any atom is 0.253 e. The van der Waals surface area contributed by atoms with Gasteiger partial charge in [0.15, 0.2) is 0 Å². The fraction of sp³-hybridized carbons (Fsp3) is 0.333. The number of nitrogen functional groups attached to an aromatic ring is 1. The monoisotopic (exact) mass is 306 g/mol. The van der Waals surface area contributed by atoms with Crippen LogP contribution >= 0.6 is 11.6 Å². The molecule has 2 aromatic rings. The molecule has 5 nitrogen and oxygen atoms in total. The highest BCUT2D eigenvalue weighted by Crippen LogP contribution is 2.17. The van der Waals surface area contributed by atoms with Gasteiger partial charge in [0.05, 0.1) is 11.9 Å². The number of aromatic nitrogens is 2. The zero-order valence-corrected chi connectivity index (χ0v) is 12.5. The number of nitrogens with two attached hydrogens (primary N) is 1. The Balaban J connectivity index is 1.65. The van der Waals surface area contributed by atoms with E-state index < -0.39 is 0 Å². The second-order valence-corrected chi connectivity index (χ2v) is 5.29. The number of halogens is 1. The van der Waals surface area contributed by atoms with Crippen LogP contribution < -0.4 is 11.1 Å². The molecular formula is C15H19ClN4O. The summed E-state index contributed by atoms with van der Waals surface area (Å²) in [5.74, 6) is -0.154.